The average Bonchev–Trinajstić information content (AvgIpc) is 2.43. The second-order valence-corrected chi connectivity index (χ2v) is 5.06. The predicted molar refractivity (Wildman–Crippen MR) is 81.7 cm³/mol. The zero-order valence-electron chi connectivity index (χ0n) is 13.5. The smallest absolute Gasteiger partial charge is 0.245 e. The molecule has 0 saturated carbocycles. The van der Waals surface area contributed by atoms with Gasteiger partial charge in [-0.2, -0.15) is 0 Å². The molecule has 0 heterocycles. The molecule has 0 aromatic carbocycles. The fraction of sp³-hybridized carbons (Fsp3) is 0.733. The molecule has 0 aliphatic rings. The summed E-state index contributed by atoms with van der Waals surface area (Å²) in [4.78, 5) is 23.2. The normalized spacial score (nSPS) is 11.3. The Hall–Kier alpha value is -1.40. The Kier molecular flexibility index (Phi) is 9.65. The summed E-state index contributed by atoms with van der Waals surface area (Å²) in [5, 5.41) is 5.37. The third-order valence-electron chi connectivity index (χ3n) is 2.80. The van der Waals surface area contributed by atoms with Gasteiger partial charge in [0.05, 0.1) is 0 Å². The lowest BCUT2D eigenvalue weighted by molar-refractivity contribution is -0.140. The number of rotatable bonds is 11. The SMILES string of the molecule is C=CC(=O)NC(C)(C)C(=O)NCCCC(OCC)OCC. The molecule has 6 heteroatoms. The van der Waals surface area contributed by atoms with Crippen LogP contribution in [0.15, 0.2) is 12.7 Å². The monoisotopic (exact) mass is 300 g/mol. The van der Waals surface area contributed by atoms with E-state index in [0.717, 1.165) is 12.5 Å². The minimum absolute atomic E-state index is 0.231. The van der Waals surface area contributed by atoms with Crippen molar-refractivity contribution in [2.75, 3.05) is 19.8 Å². The van der Waals surface area contributed by atoms with E-state index in [4.69, 9.17) is 9.47 Å². The van der Waals surface area contributed by atoms with E-state index in [1.807, 2.05) is 13.8 Å². The van der Waals surface area contributed by atoms with E-state index in [1.54, 1.807) is 13.8 Å². The lowest BCUT2D eigenvalue weighted by atomic mass is 10.0. The first-order chi connectivity index (χ1) is 9.87. The molecule has 0 atom stereocenters. The maximum Gasteiger partial charge on any atom is 0.245 e. The van der Waals surface area contributed by atoms with Gasteiger partial charge >= 0.3 is 0 Å². The molecule has 0 bridgehead atoms. The molecule has 2 N–H and O–H groups in total. The summed E-state index contributed by atoms with van der Waals surface area (Å²) in [6.45, 7) is 12.2. The van der Waals surface area contributed by atoms with Crippen LogP contribution in [0.3, 0.4) is 0 Å². The summed E-state index contributed by atoms with van der Waals surface area (Å²) in [6, 6.07) is 0. The molecule has 0 rings (SSSR count). The molecule has 0 radical (unpaired) electrons. The first-order valence-corrected chi connectivity index (χ1v) is 7.33. The molecule has 21 heavy (non-hydrogen) atoms. The Morgan fingerprint density at radius 3 is 2.29 bits per heavy atom. The van der Waals surface area contributed by atoms with Gasteiger partial charge in [0, 0.05) is 26.2 Å². The third-order valence-corrected chi connectivity index (χ3v) is 2.80. The summed E-state index contributed by atoms with van der Waals surface area (Å²) in [5.74, 6) is -0.607. The van der Waals surface area contributed by atoms with Crippen LogP contribution < -0.4 is 10.6 Å². The van der Waals surface area contributed by atoms with Crippen LogP contribution in [0.25, 0.3) is 0 Å². The number of carbonyl (C=O) groups is 2. The molecule has 0 aromatic rings. The van der Waals surface area contributed by atoms with Crippen molar-refractivity contribution >= 4 is 11.8 Å². The molecular weight excluding hydrogens is 272 g/mol. The summed E-state index contributed by atoms with van der Waals surface area (Å²) in [5.41, 5.74) is -0.968. The maximum atomic E-state index is 12.0. The largest absolute Gasteiger partial charge is 0.354 e. The second kappa shape index (κ2) is 10.3. The lowest BCUT2D eigenvalue weighted by Gasteiger charge is -2.24. The molecule has 0 aromatic heterocycles. The van der Waals surface area contributed by atoms with Gasteiger partial charge < -0.3 is 20.1 Å². The third kappa shape index (κ3) is 8.47. The molecule has 0 spiro atoms. The van der Waals surface area contributed by atoms with Crippen molar-refractivity contribution in [3.63, 3.8) is 0 Å². The highest BCUT2D eigenvalue weighted by Crippen LogP contribution is 2.05. The standard InChI is InChI=1S/C15H28N2O4/c1-6-12(18)17-15(4,5)14(19)16-11-9-10-13(20-7-2)21-8-3/h6,13H,1,7-11H2,2-5H3,(H,16,19)(H,17,18). The van der Waals surface area contributed by atoms with Crippen LogP contribution in [-0.4, -0.2) is 43.4 Å². The van der Waals surface area contributed by atoms with Crippen molar-refractivity contribution in [3.8, 4) is 0 Å². The van der Waals surface area contributed by atoms with E-state index in [9.17, 15) is 9.59 Å². The molecule has 0 aliphatic heterocycles. The van der Waals surface area contributed by atoms with Gasteiger partial charge in [0.1, 0.15) is 5.54 Å². The second-order valence-electron chi connectivity index (χ2n) is 5.06. The van der Waals surface area contributed by atoms with E-state index in [0.29, 0.717) is 26.2 Å². The molecule has 0 aliphatic carbocycles. The first kappa shape index (κ1) is 19.6. The first-order valence-electron chi connectivity index (χ1n) is 7.33. The van der Waals surface area contributed by atoms with Crippen LogP contribution in [0.5, 0.6) is 0 Å². The molecule has 122 valence electrons. The van der Waals surface area contributed by atoms with Crippen molar-refractivity contribution in [2.45, 2.75) is 52.4 Å². The molecule has 2 amide bonds. The Bertz CT molecular complexity index is 337. The van der Waals surface area contributed by atoms with Crippen molar-refractivity contribution in [1.82, 2.24) is 10.6 Å². The molecule has 0 fully saturated rings. The average molecular weight is 300 g/mol. The highest BCUT2D eigenvalue weighted by Gasteiger charge is 2.28. The summed E-state index contributed by atoms with van der Waals surface area (Å²) in [6.07, 6.45) is 2.36. The van der Waals surface area contributed by atoms with Crippen LogP contribution >= 0.6 is 0 Å². The lowest BCUT2D eigenvalue weighted by Crippen LogP contribution is -2.54. The van der Waals surface area contributed by atoms with Gasteiger partial charge in [0.2, 0.25) is 11.8 Å². The zero-order valence-corrected chi connectivity index (χ0v) is 13.5. The number of carbonyl (C=O) groups excluding carboxylic acids is 2. The maximum absolute atomic E-state index is 12.0. The van der Waals surface area contributed by atoms with Crippen molar-refractivity contribution in [2.24, 2.45) is 0 Å². The van der Waals surface area contributed by atoms with Gasteiger partial charge in [0.15, 0.2) is 6.29 Å². The summed E-state index contributed by atoms with van der Waals surface area (Å²) >= 11 is 0. The Balaban J connectivity index is 4.07. The van der Waals surface area contributed by atoms with E-state index < -0.39 is 5.54 Å². The zero-order chi connectivity index (χ0) is 16.3. The van der Waals surface area contributed by atoms with Gasteiger partial charge in [-0.25, -0.2) is 0 Å². The van der Waals surface area contributed by atoms with Crippen LogP contribution in [0.2, 0.25) is 0 Å². The van der Waals surface area contributed by atoms with Crippen LogP contribution in [-0.2, 0) is 19.1 Å². The summed E-state index contributed by atoms with van der Waals surface area (Å²) in [7, 11) is 0. The van der Waals surface area contributed by atoms with E-state index >= 15 is 0 Å². The highest BCUT2D eigenvalue weighted by atomic mass is 16.7. The van der Waals surface area contributed by atoms with Crippen LogP contribution in [0, 0.1) is 0 Å². The molecule has 6 nitrogen and oxygen atoms in total. The number of hydrogen-bond donors (Lipinski definition) is 2. The number of amides is 2. The molecule has 0 saturated heterocycles. The Labute approximate surface area is 127 Å². The van der Waals surface area contributed by atoms with Gasteiger partial charge in [-0.15, -0.1) is 0 Å². The number of nitrogens with one attached hydrogen (secondary N) is 2. The number of hydrogen-bond acceptors (Lipinski definition) is 4. The van der Waals surface area contributed by atoms with Gasteiger partial charge in [0.25, 0.3) is 0 Å². The van der Waals surface area contributed by atoms with Crippen molar-refractivity contribution in [1.29, 1.82) is 0 Å². The topological polar surface area (TPSA) is 76.7 Å². The van der Waals surface area contributed by atoms with Crippen molar-refractivity contribution in [3.05, 3.63) is 12.7 Å². The quantitative estimate of drug-likeness (QED) is 0.343. The fourth-order valence-electron chi connectivity index (χ4n) is 1.69. The predicted octanol–water partition coefficient (Wildman–Crippen LogP) is 1.36. The van der Waals surface area contributed by atoms with Crippen LogP contribution in [0.4, 0.5) is 0 Å². The van der Waals surface area contributed by atoms with E-state index in [-0.39, 0.29) is 18.1 Å². The Morgan fingerprint density at radius 2 is 1.81 bits per heavy atom. The van der Waals surface area contributed by atoms with Crippen molar-refractivity contribution < 1.29 is 19.1 Å². The highest BCUT2D eigenvalue weighted by molar-refractivity contribution is 5.94. The minimum Gasteiger partial charge on any atom is -0.354 e. The van der Waals surface area contributed by atoms with Gasteiger partial charge in [-0.3, -0.25) is 9.59 Å². The molecule has 0 unspecified atom stereocenters. The fourth-order valence-corrected chi connectivity index (χ4v) is 1.69. The number of ether oxygens (including phenoxy) is 2. The molecular formula is C15H28N2O4. The summed E-state index contributed by atoms with van der Waals surface area (Å²) < 4.78 is 10.8. The van der Waals surface area contributed by atoms with E-state index in [2.05, 4.69) is 17.2 Å². The van der Waals surface area contributed by atoms with Gasteiger partial charge in [-0.05, 0) is 40.2 Å². The van der Waals surface area contributed by atoms with Crippen LogP contribution in [0.1, 0.15) is 40.5 Å². The van der Waals surface area contributed by atoms with E-state index in [1.165, 1.54) is 0 Å². The Morgan fingerprint density at radius 1 is 1.24 bits per heavy atom. The minimum atomic E-state index is -0.968. The van der Waals surface area contributed by atoms with Gasteiger partial charge in [-0.1, -0.05) is 6.58 Å².